The Bertz CT molecular complexity index is 970. The molecule has 8 heteroatoms. The minimum atomic E-state index is -4.44. The third-order valence-corrected chi connectivity index (χ3v) is 5.62. The summed E-state index contributed by atoms with van der Waals surface area (Å²) >= 11 is 1.16. The molecule has 1 heterocycles. The molecule has 0 aliphatic rings. The molecule has 2 aromatic carbocycles. The van der Waals surface area contributed by atoms with Crippen LogP contribution in [0.2, 0.25) is 0 Å². The van der Waals surface area contributed by atoms with Crippen LogP contribution < -0.4 is 5.73 Å². The van der Waals surface area contributed by atoms with E-state index in [0.717, 1.165) is 42.3 Å². The summed E-state index contributed by atoms with van der Waals surface area (Å²) in [5.41, 5.74) is 6.45. The number of halogens is 3. The van der Waals surface area contributed by atoms with Crippen LogP contribution in [0.3, 0.4) is 0 Å². The maximum atomic E-state index is 13.1. The number of hydrogen-bond acceptors (Lipinski definition) is 3. The second-order valence-electron chi connectivity index (χ2n) is 6.41. The lowest BCUT2D eigenvalue weighted by molar-refractivity contribution is -0.137. The molecule has 0 saturated carbocycles. The SMILES string of the molecule is CCCCn1c(S[C@@H](C(N)=O)c2ccccc2)nc2cc(C(F)(F)F)ccc21. The monoisotopic (exact) mass is 407 g/mol. The first-order chi connectivity index (χ1) is 13.3. The number of primary amides is 1. The van der Waals surface area contributed by atoms with E-state index in [1.54, 1.807) is 12.1 Å². The van der Waals surface area contributed by atoms with Crippen LogP contribution in [0.5, 0.6) is 0 Å². The predicted octanol–water partition coefficient (Wildman–Crippen LogP) is 5.17. The van der Waals surface area contributed by atoms with Crippen molar-refractivity contribution in [2.45, 2.75) is 42.9 Å². The summed E-state index contributed by atoms with van der Waals surface area (Å²) in [6.07, 6.45) is -2.68. The Labute approximate surface area is 164 Å². The standard InChI is InChI=1S/C20H20F3N3OS/c1-2-3-11-26-16-10-9-14(20(21,22)23)12-15(16)25-19(26)28-17(18(24)27)13-7-5-4-6-8-13/h4-10,12,17H,2-3,11H2,1H3,(H2,24,27)/t17-/m1/s1. The molecule has 0 aliphatic heterocycles. The fraction of sp³-hybridized carbons (Fsp3) is 0.300. The van der Waals surface area contributed by atoms with Crippen LogP contribution in [-0.2, 0) is 17.5 Å². The van der Waals surface area contributed by atoms with E-state index in [1.165, 1.54) is 6.07 Å². The van der Waals surface area contributed by atoms with Crippen LogP contribution in [-0.4, -0.2) is 15.5 Å². The highest BCUT2D eigenvalue weighted by Gasteiger charge is 2.31. The van der Waals surface area contributed by atoms with Gasteiger partial charge in [0.1, 0.15) is 5.25 Å². The minimum Gasteiger partial charge on any atom is -0.368 e. The molecule has 1 atom stereocenters. The lowest BCUT2D eigenvalue weighted by Gasteiger charge is -2.14. The Morgan fingerprint density at radius 1 is 1.21 bits per heavy atom. The average Bonchev–Trinajstić information content (AvgIpc) is 3.00. The van der Waals surface area contributed by atoms with E-state index in [1.807, 2.05) is 29.7 Å². The Morgan fingerprint density at radius 3 is 2.54 bits per heavy atom. The number of imidazole rings is 1. The summed E-state index contributed by atoms with van der Waals surface area (Å²) in [6.45, 7) is 2.63. The van der Waals surface area contributed by atoms with Crippen molar-refractivity contribution in [1.82, 2.24) is 9.55 Å². The number of nitrogens with two attached hydrogens (primary N) is 1. The van der Waals surface area contributed by atoms with E-state index >= 15 is 0 Å². The van der Waals surface area contributed by atoms with Gasteiger partial charge in [-0.3, -0.25) is 4.79 Å². The third kappa shape index (κ3) is 4.32. The van der Waals surface area contributed by atoms with Crippen molar-refractivity contribution < 1.29 is 18.0 Å². The number of fused-ring (bicyclic) bond motifs is 1. The summed E-state index contributed by atoms with van der Waals surface area (Å²) in [7, 11) is 0. The van der Waals surface area contributed by atoms with E-state index in [4.69, 9.17) is 5.73 Å². The molecule has 4 nitrogen and oxygen atoms in total. The fourth-order valence-corrected chi connectivity index (χ4v) is 4.02. The van der Waals surface area contributed by atoms with Gasteiger partial charge in [-0.15, -0.1) is 0 Å². The highest BCUT2D eigenvalue weighted by Crippen LogP contribution is 2.38. The van der Waals surface area contributed by atoms with Gasteiger partial charge in [-0.05, 0) is 30.2 Å². The quantitative estimate of drug-likeness (QED) is 0.550. The molecular weight excluding hydrogens is 387 g/mol. The van der Waals surface area contributed by atoms with Crippen LogP contribution in [0.4, 0.5) is 13.2 Å². The number of carbonyl (C=O) groups is 1. The molecule has 0 fully saturated rings. The molecule has 0 bridgehead atoms. The van der Waals surface area contributed by atoms with Crippen molar-refractivity contribution in [3.8, 4) is 0 Å². The maximum Gasteiger partial charge on any atom is 0.416 e. The zero-order valence-corrected chi connectivity index (χ0v) is 16.1. The van der Waals surface area contributed by atoms with E-state index in [9.17, 15) is 18.0 Å². The molecular formula is C20H20F3N3OS. The Kier molecular flexibility index (Phi) is 5.98. The highest BCUT2D eigenvalue weighted by molar-refractivity contribution is 8.00. The number of nitrogens with zero attached hydrogens (tertiary/aromatic N) is 2. The van der Waals surface area contributed by atoms with Crippen molar-refractivity contribution in [2.24, 2.45) is 5.73 Å². The van der Waals surface area contributed by atoms with Crippen molar-refractivity contribution in [3.63, 3.8) is 0 Å². The number of alkyl halides is 3. The van der Waals surface area contributed by atoms with Gasteiger partial charge in [-0.25, -0.2) is 4.98 Å². The van der Waals surface area contributed by atoms with Gasteiger partial charge in [0.05, 0.1) is 16.6 Å². The van der Waals surface area contributed by atoms with E-state index in [-0.39, 0.29) is 5.52 Å². The second-order valence-corrected chi connectivity index (χ2v) is 7.48. The summed E-state index contributed by atoms with van der Waals surface area (Å²) in [5, 5.41) is -0.198. The van der Waals surface area contributed by atoms with Crippen LogP contribution in [0.25, 0.3) is 11.0 Å². The number of hydrogen-bond donors (Lipinski definition) is 1. The summed E-state index contributed by atoms with van der Waals surface area (Å²) in [6, 6.07) is 12.6. The molecule has 28 heavy (non-hydrogen) atoms. The number of thioether (sulfide) groups is 1. The number of aryl methyl sites for hydroxylation is 1. The van der Waals surface area contributed by atoms with Gasteiger partial charge in [0, 0.05) is 6.54 Å². The lowest BCUT2D eigenvalue weighted by Crippen LogP contribution is -2.19. The second kappa shape index (κ2) is 8.26. The first kappa shape index (κ1) is 20.3. The summed E-state index contributed by atoms with van der Waals surface area (Å²) < 4.78 is 41.0. The highest BCUT2D eigenvalue weighted by atomic mass is 32.2. The Hall–Kier alpha value is -2.48. The van der Waals surface area contributed by atoms with Crippen LogP contribution >= 0.6 is 11.8 Å². The number of carbonyl (C=O) groups excluding carboxylic acids is 1. The first-order valence-electron chi connectivity index (χ1n) is 8.89. The third-order valence-electron chi connectivity index (χ3n) is 4.36. The van der Waals surface area contributed by atoms with Gasteiger partial charge < -0.3 is 10.3 Å². The number of rotatable bonds is 7. The van der Waals surface area contributed by atoms with Crippen molar-refractivity contribution in [1.29, 1.82) is 0 Å². The molecule has 0 saturated heterocycles. The fourth-order valence-electron chi connectivity index (χ4n) is 2.93. The molecule has 0 unspecified atom stereocenters. The normalized spacial score (nSPS) is 13.0. The van der Waals surface area contributed by atoms with Crippen LogP contribution in [0, 0.1) is 0 Å². The Morgan fingerprint density at radius 2 is 1.93 bits per heavy atom. The van der Waals surface area contributed by atoms with Gasteiger partial charge >= 0.3 is 6.18 Å². The van der Waals surface area contributed by atoms with Crippen LogP contribution in [0.15, 0.2) is 53.7 Å². The van der Waals surface area contributed by atoms with Crippen molar-refractivity contribution >= 4 is 28.7 Å². The van der Waals surface area contributed by atoms with E-state index in [2.05, 4.69) is 4.98 Å². The topological polar surface area (TPSA) is 60.9 Å². The predicted molar refractivity (Wildman–Crippen MR) is 104 cm³/mol. The average molecular weight is 407 g/mol. The van der Waals surface area contributed by atoms with E-state index < -0.39 is 22.9 Å². The molecule has 3 aromatic rings. The molecule has 1 amide bonds. The first-order valence-corrected chi connectivity index (χ1v) is 9.77. The number of benzene rings is 2. The molecule has 0 radical (unpaired) electrons. The molecule has 2 N–H and O–H groups in total. The lowest BCUT2D eigenvalue weighted by atomic mass is 10.1. The maximum absolute atomic E-state index is 13.1. The van der Waals surface area contributed by atoms with Gasteiger partial charge in [-0.1, -0.05) is 55.4 Å². The minimum absolute atomic E-state index is 0.254. The van der Waals surface area contributed by atoms with Crippen molar-refractivity contribution in [2.75, 3.05) is 0 Å². The molecule has 148 valence electrons. The van der Waals surface area contributed by atoms with E-state index in [0.29, 0.717) is 17.2 Å². The largest absolute Gasteiger partial charge is 0.416 e. The molecule has 3 rings (SSSR count). The van der Waals surface area contributed by atoms with Gasteiger partial charge in [-0.2, -0.15) is 13.2 Å². The number of amides is 1. The van der Waals surface area contributed by atoms with Crippen LogP contribution in [0.1, 0.15) is 36.1 Å². The Balaban J connectivity index is 2.06. The summed E-state index contributed by atoms with van der Waals surface area (Å²) in [5.74, 6) is -0.527. The molecule has 0 aliphatic carbocycles. The van der Waals surface area contributed by atoms with Gasteiger partial charge in [0.25, 0.3) is 0 Å². The smallest absolute Gasteiger partial charge is 0.368 e. The number of unbranched alkanes of at least 4 members (excludes halogenated alkanes) is 1. The van der Waals surface area contributed by atoms with Crippen molar-refractivity contribution in [3.05, 3.63) is 59.7 Å². The van der Waals surface area contributed by atoms with Gasteiger partial charge in [0.15, 0.2) is 5.16 Å². The van der Waals surface area contributed by atoms with Gasteiger partial charge in [0.2, 0.25) is 5.91 Å². The summed E-state index contributed by atoms with van der Waals surface area (Å²) in [4.78, 5) is 16.5. The molecule has 0 spiro atoms. The number of aromatic nitrogens is 2. The molecule has 1 aromatic heterocycles. The zero-order chi connectivity index (χ0) is 20.3. The zero-order valence-electron chi connectivity index (χ0n) is 15.2.